The maximum absolute atomic E-state index is 11.0. The summed E-state index contributed by atoms with van der Waals surface area (Å²) in [6, 6.07) is 7.96. The van der Waals surface area contributed by atoms with Crippen molar-refractivity contribution in [2.45, 2.75) is 6.54 Å². The minimum absolute atomic E-state index is 0.00461. The van der Waals surface area contributed by atoms with Gasteiger partial charge in [0.25, 0.3) is 0 Å². The number of aromatic carboxylic acids is 1. The monoisotopic (exact) mass is 307 g/mol. The van der Waals surface area contributed by atoms with E-state index in [0.717, 1.165) is 17.8 Å². The summed E-state index contributed by atoms with van der Waals surface area (Å²) < 4.78 is 0. The average molecular weight is 308 g/mol. The highest BCUT2D eigenvalue weighted by atomic mass is 35.5. The van der Waals surface area contributed by atoms with E-state index in [1.165, 1.54) is 0 Å². The molecule has 1 heterocycles. The zero-order valence-electron chi connectivity index (χ0n) is 10.6. The molecular formula is C13H10ClN3O4. The maximum Gasteiger partial charge on any atom is 0.337 e. The number of rotatable bonds is 5. The molecule has 108 valence electrons. The van der Waals surface area contributed by atoms with E-state index < -0.39 is 16.6 Å². The number of halogens is 1. The molecule has 2 N–H and O–H groups in total. The summed E-state index contributed by atoms with van der Waals surface area (Å²) in [6.07, 6.45) is 1.07. The fourth-order valence-electron chi connectivity index (χ4n) is 1.68. The van der Waals surface area contributed by atoms with Gasteiger partial charge >= 0.3 is 11.7 Å². The first-order valence-electron chi connectivity index (χ1n) is 5.83. The lowest BCUT2D eigenvalue weighted by atomic mass is 10.2. The van der Waals surface area contributed by atoms with Crippen molar-refractivity contribution in [3.8, 4) is 0 Å². The van der Waals surface area contributed by atoms with Crippen molar-refractivity contribution < 1.29 is 14.8 Å². The van der Waals surface area contributed by atoms with Crippen LogP contribution in [0, 0.1) is 10.1 Å². The number of benzene rings is 1. The van der Waals surface area contributed by atoms with Gasteiger partial charge in [-0.2, -0.15) is 0 Å². The van der Waals surface area contributed by atoms with Gasteiger partial charge in [0.1, 0.15) is 0 Å². The number of anilines is 1. The molecule has 1 aromatic carbocycles. The van der Waals surface area contributed by atoms with Gasteiger partial charge < -0.3 is 10.4 Å². The number of nitrogens with one attached hydrogen (secondary N) is 1. The SMILES string of the molecule is O=C(O)c1cnc(NCc2cccc(Cl)c2)c([N+](=O)[O-])c1. The molecule has 7 nitrogen and oxygen atoms in total. The van der Waals surface area contributed by atoms with E-state index in [4.69, 9.17) is 16.7 Å². The Kier molecular flexibility index (Phi) is 4.34. The van der Waals surface area contributed by atoms with E-state index >= 15 is 0 Å². The van der Waals surface area contributed by atoms with Crippen LogP contribution in [0.15, 0.2) is 36.5 Å². The van der Waals surface area contributed by atoms with Gasteiger partial charge in [-0.05, 0) is 17.7 Å². The molecule has 0 fully saturated rings. The number of carboxylic acid groups (broad SMARTS) is 1. The number of carboxylic acids is 1. The summed E-state index contributed by atoms with van der Waals surface area (Å²) in [7, 11) is 0. The minimum Gasteiger partial charge on any atom is -0.478 e. The molecule has 0 atom stereocenters. The molecule has 0 unspecified atom stereocenters. The topological polar surface area (TPSA) is 105 Å². The second-order valence-electron chi connectivity index (χ2n) is 4.14. The first-order valence-corrected chi connectivity index (χ1v) is 6.21. The lowest BCUT2D eigenvalue weighted by Gasteiger charge is -2.07. The van der Waals surface area contributed by atoms with Crippen LogP contribution in [-0.4, -0.2) is 21.0 Å². The summed E-state index contributed by atoms with van der Waals surface area (Å²) in [5, 5.41) is 23.1. The van der Waals surface area contributed by atoms with E-state index in [9.17, 15) is 14.9 Å². The fraction of sp³-hybridized carbons (Fsp3) is 0.0769. The molecule has 2 rings (SSSR count). The van der Waals surface area contributed by atoms with Gasteiger partial charge in [0.05, 0.1) is 10.5 Å². The van der Waals surface area contributed by atoms with Gasteiger partial charge in [0.2, 0.25) is 5.82 Å². The predicted molar refractivity (Wildman–Crippen MR) is 76.6 cm³/mol. The number of hydrogen-bond acceptors (Lipinski definition) is 5. The third kappa shape index (κ3) is 3.67. The van der Waals surface area contributed by atoms with Crippen LogP contribution in [0.4, 0.5) is 11.5 Å². The zero-order chi connectivity index (χ0) is 15.4. The summed E-state index contributed by atoms with van der Waals surface area (Å²) >= 11 is 5.85. The van der Waals surface area contributed by atoms with Crippen LogP contribution in [0.5, 0.6) is 0 Å². The lowest BCUT2D eigenvalue weighted by molar-refractivity contribution is -0.384. The smallest absolute Gasteiger partial charge is 0.337 e. The van der Waals surface area contributed by atoms with Crippen LogP contribution in [0.2, 0.25) is 5.02 Å². The third-order valence-corrected chi connectivity index (χ3v) is 2.90. The number of pyridine rings is 1. The fourth-order valence-corrected chi connectivity index (χ4v) is 1.89. The van der Waals surface area contributed by atoms with Crippen LogP contribution in [0.3, 0.4) is 0 Å². The average Bonchev–Trinajstić information content (AvgIpc) is 2.44. The number of hydrogen-bond donors (Lipinski definition) is 2. The Labute approximate surface area is 124 Å². The maximum atomic E-state index is 11.0. The number of nitrogens with zero attached hydrogens (tertiary/aromatic N) is 2. The predicted octanol–water partition coefficient (Wildman–Crippen LogP) is 2.95. The van der Waals surface area contributed by atoms with Gasteiger partial charge in [-0.3, -0.25) is 10.1 Å². The van der Waals surface area contributed by atoms with Gasteiger partial charge in [-0.25, -0.2) is 9.78 Å². The van der Waals surface area contributed by atoms with Crippen LogP contribution in [0.25, 0.3) is 0 Å². The molecule has 0 saturated heterocycles. The van der Waals surface area contributed by atoms with E-state index in [1.807, 2.05) is 0 Å². The van der Waals surface area contributed by atoms with Crippen LogP contribution < -0.4 is 5.32 Å². The molecule has 0 bridgehead atoms. The van der Waals surface area contributed by atoms with Crippen molar-refractivity contribution in [2.75, 3.05) is 5.32 Å². The van der Waals surface area contributed by atoms with Crippen molar-refractivity contribution in [1.82, 2.24) is 4.98 Å². The van der Waals surface area contributed by atoms with Gasteiger partial charge in [0, 0.05) is 23.8 Å². The molecule has 0 aliphatic heterocycles. The van der Waals surface area contributed by atoms with Crippen molar-refractivity contribution in [3.63, 3.8) is 0 Å². The molecule has 0 radical (unpaired) electrons. The van der Waals surface area contributed by atoms with E-state index in [0.29, 0.717) is 5.02 Å². The molecular weight excluding hydrogens is 298 g/mol. The van der Waals surface area contributed by atoms with Crippen molar-refractivity contribution >= 4 is 29.1 Å². The van der Waals surface area contributed by atoms with Crippen molar-refractivity contribution in [1.29, 1.82) is 0 Å². The van der Waals surface area contributed by atoms with Gasteiger partial charge in [-0.15, -0.1) is 0 Å². The Morgan fingerprint density at radius 2 is 2.19 bits per heavy atom. The quantitative estimate of drug-likeness (QED) is 0.650. The van der Waals surface area contributed by atoms with Crippen LogP contribution in [-0.2, 0) is 6.54 Å². The molecule has 0 spiro atoms. The number of nitro groups is 1. The first kappa shape index (κ1) is 14.7. The summed E-state index contributed by atoms with van der Waals surface area (Å²) in [5.74, 6) is -1.27. The third-order valence-electron chi connectivity index (χ3n) is 2.66. The van der Waals surface area contributed by atoms with Crippen molar-refractivity contribution in [3.05, 3.63) is 62.8 Å². The number of aromatic nitrogens is 1. The van der Waals surface area contributed by atoms with Gasteiger partial charge in [0.15, 0.2) is 0 Å². The highest BCUT2D eigenvalue weighted by molar-refractivity contribution is 6.30. The summed E-state index contributed by atoms with van der Waals surface area (Å²) in [6.45, 7) is 0.279. The first-order chi connectivity index (χ1) is 9.97. The summed E-state index contributed by atoms with van der Waals surface area (Å²) in [4.78, 5) is 24.9. The van der Waals surface area contributed by atoms with Crippen LogP contribution >= 0.6 is 11.6 Å². The lowest BCUT2D eigenvalue weighted by Crippen LogP contribution is -2.07. The second kappa shape index (κ2) is 6.19. The molecule has 0 amide bonds. The van der Waals surface area contributed by atoms with E-state index in [1.54, 1.807) is 24.3 Å². The van der Waals surface area contributed by atoms with E-state index in [-0.39, 0.29) is 17.9 Å². The second-order valence-corrected chi connectivity index (χ2v) is 4.57. The standard InChI is InChI=1S/C13H10ClN3O4/c14-10-3-1-2-8(4-10)6-15-12-11(17(20)21)5-9(7-16-12)13(18)19/h1-5,7H,6H2,(H,15,16)(H,18,19). The Bertz CT molecular complexity index is 706. The minimum atomic E-state index is -1.27. The number of carbonyl (C=O) groups is 1. The van der Waals surface area contributed by atoms with Crippen molar-refractivity contribution in [2.24, 2.45) is 0 Å². The Morgan fingerprint density at radius 1 is 1.43 bits per heavy atom. The molecule has 0 aliphatic carbocycles. The molecule has 1 aromatic heterocycles. The Morgan fingerprint density at radius 3 is 2.81 bits per heavy atom. The highest BCUT2D eigenvalue weighted by Crippen LogP contribution is 2.23. The van der Waals surface area contributed by atoms with Crippen LogP contribution in [0.1, 0.15) is 15.9 Å². The Balaban J connectivity index is 2.23. The molecule has 21 heavy (non-hydrogen) atoms. The molecule has 2 aromatic rings. The summed E-state index contributed by atoms with van der Waals surface area (Å²) in [5.41, 5.74) is 0.188. The van der Waals surface area contributed by atoms with Gasteiger partial charge in [-0.1, -0.05) is 23.7 Å². The van der Waals surface area contributed by atoms with E-state index in [2.05, 4.69) is 10.3 Å². The highest BCUT2D eigenvalue weighted by Gasteiger charge is 2.18. The Hall–Kier alpha value is -2.67. The molecule has 8 heteroatoms. The normalized spacial score (nSPS) is 10.1. The zero-order valence-corrected chi connectivity index (χ0v) is 11.4. The molecule has 0 aliphatic rings. The molecule has 0 saturated carbocycles. The largest absolute Gasteiger partial charge is 0.478 e.